The van der Waals surface area contributed by atoms with Crippen LogP contribution in [0.2, 0.25) is 0 Å². The summed E-state index contributed by atoms with van der Waals surface area (Å²) in [5.74, 6) is -0.813. The van der Waals surface area contributed by atoms with Gasteiger partial charge in [-0.3, -0.25) is 4.79 Å². The predicted molar refractivity (Wildman–Crippen MR) is 116 cm³/mol. The molecule has 1 saturated carbocycles. The van der Waals surface area contributed by atoms with Crippen molar-refractivity contribution in [2.75, 3.05) is 11.9 Å². The number of amides is 1. The monoisotopic (exact) mass is 450 g/mol. The number of carbonyl (C=O) groups is 2. The van der Waals surface area contributed by atoms with E-state index in [4.69, 9.17) is 4.74 Å². The first-order valence-corrected chi connectivity index (χ1v) is 12.4. The van der Waals surface area contributed by atoms with Crippen LogP contribution in [-0.2, 0) is 14.8 Å². The van der Waals surface area contributed by atoms with Crippen LogP contribution in [0.4, 0.5) is 5.00 Å². The Kier molecular flexibility index (Phi) is 7.63. The molecule has 30 heavy (non-hydrogen) atoms. The quantitative estimate of drug-likeness (QED) is 0.487. The van der Waals surface area contributed by atoms with Crippen molar-refractivity contribution >= 4 is 38.2 Å². The summed E-state index contributed by atoms with van der Waals surface area (Å²) in [6.45, 7) is 2.01. The van der Waals surface area contributed by atoms with Gasteiger partial charge in [-0.05, 0) is 56.2 Å². The van der Waals surface area contributed by atoms with E-state index in [2.05, 4.69) is 10.0 Å². The standard InChI is InChI=1S/C21H26N2O5S2/c1-2-28-21(25)18-13-14-19(29-18)22-20(24)15-9-11-17(12-10-15)30(26,27)23-16-7-5-3-4-6-8-16/h9-14,16,23H,2-8H2,1H3,(H,22,24). The molecule has 0 spiro atoms. The average Bonchev–Trinajstić information content (AvgIpc) is 3.04. The van der Waals surface area contributed by atoms with Crippen LogP contribution in [0.25, 0.3) is 0 Å². The topological polar surface area (TPSA) is 102 Å². The second-order valence-corrected chi connectivity index (χ2v) is 9.97. The van der Waals surface area contributed by atoms with Gasteiger partial charge in [0.15, 0.2) is 0 Å². The van der Waals surface area contributed by atoms with Crippen molar-refractivity contribution in [3.8, 4) is 0 Å². The molecule has 0 aliphatic heterocycles. The fourth-order valence-electron chi connectivity index (χ4n) is 3.37. The first kappa shape index (κ1) is 22.5. The van der Waals surface area contributed by atoms with Crippen molar-refractivity contribution in [3.05, 3.63) is 46.8 Å². The molecular weight excluding hydrogens is 424 g/mol. The van der Waals surface area contributed by atoms with Crippen LogP contribution in [0.3, 0.4) is 0 Å². The number of carbonyl (C=O) groups excluding carboxylic acids is 2. The molecule has 162 valence electrons. The van der Waals surface area contributed by atoms with E-state index < -0.39 is 16.0 Å². The molecule has 2 N–H and O–H groups in total. The SMILES string of the molecule is CCOC(=O)c1ccc(NC(=O)c2ccc(S(=O)(=O)NC3CCCCCC3)cc2)s1. The lowest BCUT2D eigenvalue weighted by Crippen LogP contribution is -2.34. The van der Waals surface area contributed by atoms with E-state index in [1.54, 1.807) is 19.1 Å². The normalized spacial score (nSPS) is 15.4. The average molecular weight is 451 g/mol. The molecule has 1 aliphatic rings. The first-order chi connectivity index (χ1) is 14.4. The molecule has 1 aliphatic carbocycles. The summed E-state index contributed by atoms with van der Waals surface area (Å²) in [4.78, 5) is 24.7. The number of esters is 1. The third-order valence-electron chi connectivity index (χ3n) is 4.92. The lowest BCUT2D eigenvalue weighted by molar-refractivity contribution is 0.0532. The van der Waals surface area contributed by atoms with Crippen LogP contribution in [0, 0.1) is 0 Å². The zero-order valence-electron chi connectivity index (χ0n) is 16.8. The van der Waals surface area contributed by atoms with Crippen molar-refractivity contribution in [3.63, 3.8) is 0 Å². The van der Waals surface area contributed by atoms with E-state index in [0.29, 0.717) is 15.4 Å². The molecule has 1 aromatic heterocycles. The molecule has 1 fully saturated rings. The highest BCUT2D eigenvalue weighted by atomic mass is 32.2. The van der Waals surface area contributed by atoms with E-state index in [-0.39, 0.29) is 23.5 Å². The Bertz CT molecular complexity index is 975. The first-order valence-electron chi connectivity index (χ1n) is 10.1. The Labute approximate surface area is 180 Å². The number of thiophene rings is 1. The van der Waals surface area contributed by atoms with Gasteiger partial charge < -0.3 is 10.1 Å². The number of benzene rings is 1. The van der Waals surface area contributed by atoms with Crippen LogP contribution < -0.4 is 10.0 Å². The summed E-state index contributed by atoms with van der Waals surface area (Å²) in [5, 5.41) is 3.22. The molecular formula is C21H26N2O5S2. The predicted octanol–water partition coefficient (Wildman–Crippen LogP) is 4.18. The number of nitrogens with one attached hydrogen (secondary N) is 2. The molecule has 2 aromatic rings. The van der Waals surface area contributed by atoms with Crippen LogP contribution in [0.15, 0.2) is 41.3 Å². The minimum atomic E-state index is -3.62. The van der Waals surface area contributed by atoms with Crippen LogP contribution in [0.1, 0.15) is 65.5 Å². The molecule has 0 atom stereocenters. The third-order valence-corrected chi connectivity index (χ3v) is 7.44. The lowest BCUT2D eigenvalue weighted by atomic mass is 10.1. The van der Waals surface area contributed by atoms with Gasteiger partial charge in [0, 0.05) is 11.6 Å². The fraction of sp³-hybridized carbons (Fsp3) is 0.429. The van der Waals surface area contributed by atoms with Gasteiger partial charge in [0.1, 0.15) is 4.88 Å². The third kappa shape index (κ3) is 5.90. The molecule has 0 unspecified atom stereocenters. The Morgan fingerprint density at radius 3 is 2.33 bits per heavy atom. The molecule has 3 rings (SSSR count). The minimum absolute atomic E-state index is 0.0344. The van der Waals surface area contributed by atoms with Crippen LogP contribution >= 0.6 is 11.3 Å². The van der Waals surface area contributed by atoms with Gasteiger partial charge in [-0.1, -0.05) is 25.7 Å². The van der Waals surface area contributed by atoms with E-state index >= 15 is 0 Å². The second-order valence-electron chi connectivity index (χ2n) is 7.17. The van der Waals surface area contributed by atoms with Crippen molar-refractivity contribution in [2.24, 2.45) is 0 Å². The summed E-state index contributed by atoms with van der Waals surface area (Å²) in [6.07, 6.45) is 6.07. The number of hydrogen-bond acceptors (Lipinski definition) is 6. The molecule has 9 heteroatoms. The number of anilines is 1. The van der Waals surface area contributed by atoms with E-state index in [9.17, 15) is 18.0 Å². The maximum atomic E-state index is 12.7. The van der Waals surface area contributed by atoms with Crippen LogP contribution in [-0.4, -0.2) is 32.9 Å². The smallest absolute Gasteiger partial charge is 0.348 e. The second kappa shape index (κ2) is 10.2. The zero-order valence-corrected chi connectivity index (χ0v) is 18.5. The molecule has 0 bridgehead atoms. The number of hydrogen-bond donors (Lipinski definition) is 2. The number of sulfonamides is 1. The summed E-state index contributed by atoms with van der Waals surface area (Å²) in [5.41, 5.74) is 0.328. The highest BCUT2D eigenvalue weighted by molar-refractivity contribution is 7.89. The van der Waals surface area contributed by atoms with Gasteiger partial charge in [0.05, 0.1) is 16.5 Å². The summed E-state index contributed by atoms with van der Waals surface area (Å²) in [6, 6.07) is 9.03. The van der Waals surface area contributed by atoms with E-state index in [1.165, 1.54) is 24.3 Å². The summed E-state index contributed by atoms with van der Waals surface area (Å²) >= 11 is 1.12. The molecule has 0 saturated heterocycles. The van der Waals surface area contributed by atoms with Gasteiger partial charge >= 0.3 is 5.97 Å². The maximum Gasteiger partial charge on any atom is 0.348 e. The van der Waals surface area contributed by atoms with Gasteiger partial charge in [-0.2, -0.15) is 0 Å². The Morgan fingerprint density at radius 2 is 1.70 bits per heavy atom. The zero-order chi connectivity index (χ0) is 21.6. The molecule has 1 amide bonds. The van der Waals surface area contributed by atoms with Gasteiger partial charge in [-0.15, -0.1) is 11.3 Å². The minimum Gasteiger partial charge on any atom is -0.462 e. The highest BCUT2D eigenvalue weighted by Gasteiger charge is 2.21. The lowest BCUT2D eigenvalue weighted by Gasteiger charge is -2.16. The Morgan fingerprint density at radius 1 is 1.03 bits per heavy atom. The number of ether oxygens (including phenoxy) is 1. The Balaban J connectivity index is 1.63. The van der Waals surface area contributed by atoms with Gasteiger partial charge in [-0.25, -0.2) is 17.9 Å². The van der Waals surface area contributed by atoms with Gasteiger partial charge in [0.25, 0.3) is 5.91 Å². The molecule has 1 heterocycles. The molecule has 7 nitrogen and oxygen atoms in total. The van der Waals surface area contributed by atoms with E-state index in [1.807, 2.05) is 0 Å². The fourth-order valence-corrected chi connectivity index (χ4v) is 5.47. The largest absolute Gasteiger partial charge is 0.462 e. The molecule has 1 aromatic carbocycles. The number of rotatable bonds is 7. The van der Waals surface area contributed by atoms with Crippen molar-refractivity contribution in [2.45, 2.75) is 56.4 Å². The van der Waals surface area contributed by atoms with Gasteiger partial charge in [0.2, 0.25) is 10.0 Å². The summed E-state index contributed by atoms with van der Waals surface area (Å²) in [7, 11) is -3.62. The highest BCUT2D eigenvalue weighted by Crippen LogP contribution is 2.24. The van der Waals surface area contributed by atoms with Crippen molar-refractivity contribution in [1.29, 1.82) is 0 Å². The Hall–Kier alpha value is -2.23. The van der Waals surface area contributed by atoms with Crippen LogP contribution in [0.5, 0.6) is 0 Å². The van der Waals surface area contributed by atoms with E-state index in [0.717, 1.165) is 49.9 Å². The van der Waals surface area contributed by atoms with Crippen molar-refractivity contribution in [1.82, 2.24) is 4.72 Å². The molecule has 0 radical (unpaired) electrons. The summed E-state index contributed by atoms with van der Waals surface area (Å²) < 4.78 is 33.0. The van der Waals surface area contributed by atoms with Crippen molar-refractivity contribution < 1.29 is 22.7 Å². The maximum absolute atomic E-state index is 12.7.